The van der Waals surface area contributed by atoms with Crippen LogP contribution in [0.15, 0.2) is 52.4 Å². The molecule has 138 valence electrons. The van der Waals surface area contributed by atoms with E-state index in [-0.39, 0.29) is 22.9 Å². The van der Waals surface area contributed by atoms with E-state index in [9.17, 15) is 18.4 Å². The molecule has 0 aliphatic rings. The summed E-state index contributed by atoms with van der Waals surface area (Å²) in [5, 5.41) is 8.60. The van der Waals surface area contributed by atoms with Crippen LogP contribution in [0.1, 0.15) is 35.9 Å². The van der Waals surface area contributed by atoms with Gasteiger partial charge in [-0.15, -0.1) is 0 Å². The highest BCUT2D eigenvalue weighted by atomic mass is 19.1. The first kappa shape index (κ1) is 18.4. The molecule has 27 heavy (non-hydrogen) atoms. The van der Waals surface area contributed by atoms with E-state index < -0.39 is 17.5 Å². The molecule has 0 saturated carbocycles. The second-order valence-electron chi connectivity index (χ2n) is 6.10. The van der Waals surface area contributed by atoms with Gasteiger partial charge in [-0.3, -0.25) is 9.59 Å². The summed E-state index contributed by atoms with van der Waals surface area (Å²) in [6, 6.07) is 9.39. The highest BCUT2D eigenvalue weighted by Gasteiger charge is 2.17. The molecule has 1 amide bonds. The molecule has 8 heteroatoms. The van der Waals surface area contributed by atoms with Crippen LogP contribution in [0, 0.1) is 11.6 Å². The van der Waals surface area contributed by atoms with Gasteiger partial charge >= 0.3 is 0 Å². The van der Waals surface area contributed by atoms with Crippen molar-refractivity contribution in [2.75, 3.05) is 0 Å². The van der Waals surface area contributed by atoms with E-state index in [2.05, 4.69) is 15.6 Å². The Morgan fingerprint density at radius 1 is 1.19 bits per heavy atom. The van der Waals surface area contributed by atoms with Crippen LogP contribution in [0.5, 0.6) is 0 Å². The average Bonchev–Trinajstić information content (AvgIpc) is 2.63. The van der Waals surface area contributed by atoms with Gasteiger partial charge in [0.15, 0.2) is 5.69 Å². The molecule has 6 nitrogen and oxygen atoms in total. The second-order valence-corrected chi connectivity index (χ2v) is 6.10. The minimum atomic E-state index is -0.801. The number of benzene rings is 2. The Balaban J connectivity index is 1.95. The van der Waals surface area contributed by atoms with Crippen molar-refractivity contribution >= 4 is 22.9 Å². The molecule has 3 rings (SSSR count). The van der Waals surface area contributed by atoms with E-state index in [0.717, 1.165) is 18.3 Å². The zero-order valence-corrected chi connectivity index (χ0v) is 14.6. The molecule has 1 N–H and O–H groups in total. The van der Waals surface area contributed by atoms with Gasteiger partial charge in [0, 0.05) is 17.0 Å². The van der Waals surface area contributed by atoms with Crippen LogP contribution in [0.2, 0.25) is 0 Å². The minimum absolute atomic E-state index is 0.0154. The summed E-state index contributed by atoms with van der Waals surface area (Å²) in [6.07, 6.45) is 1.06. The van der Waals surface area contributed by atoms with Crippen LogP contribution >= 0.6 is 0 Å². The molecule has 0 fully saturated rings. The van der Waals surface area contributed by atoms with Crippen molar-refractivity contribution in [2.45, 2.75) is 19.9 Å². The van der Waals surface area contributed by atoms with Gasteiger partial charge in [0.1, 0.15) is 11.6 Å². The minimum Gasteiger partial charge on any atom is -0.267 e. The van der Waals surface area contributed by atoms with Gasteiger partial charge < -0.3 is 0 Å². The lowest BCUT2D eigenvalue weighted by Crippen LogP contribution is -2.30. The maximum Gasteiger partial charge on any atom is 0.292 e. The molecule has 0 saturated heterocycles. The summed E-state index contributed by atoms with van der Waals surface area (Å²) in [6.45, 7) is 3.56. The van der Waals surface area contributed by atoms with Gasteiger partial charge in [-0.1, -0.05) is 18.2 Å². The second kappa shape index (κ2) is 7.45. The molecule has 0 atom stereocenters. The number of hydrazone groups is 1. The Morgan fingerprint density at radius 3 is 2.56 bits per heavy atom. The van der Waals surface area contributed by atoms with E-state index >= 15 is 0 Å². The number of hydrogen-bond donors (Lipinski definition) is 1. The molecular formula is C19H16F2N4O2. The average molecular weight is 370 g/mol. The van der Waals surface area contributed by atoms with Crippen LogP contribution in [-0.4, -0.2) is 21.9 Å². The lowest BCUT2D eigenvalue weighted by molar-refractivity contribution is 0.0949. The van der Waals surface area contributed by atoms with Crippen LogP contribution in [0.3, 0.4) is 0 Å². The number of hydrogen-bond acceptors (Lipinski definition) is 4. The van der Waals surface area contributed by atoms with Crippen LogP contribution in [-0.2, 0) is 0 Å². The van der Waals surface area contributed by atoms with Gasteiger partial charge in [0.25, 0.3) is 11.5 Å². The first-order chi connectivity index (χ1) is 12.9. The Bertz CT molecular complexity index is 1110. The Morgan fingerprint density at radius 2 is 1.89 bits per heavy atom. The summed E-state index contributed by atoms with van der Waals surface area (Å²) in [7, 11) is 0. The summed E-state index contributed by atoms with van der Waals surface area (Å²) in [5.41, 5.74) is 2.00. The third kappa shape index (κ3) is 3.74. The summed E-state index contributed by atoms with van der Waals surface area (Å²) in [4.78, 5) is 25.0. The smallest absolute Gasteiger partial charge is 0.267 e. The Kier molecular flexibility index (Phi) is 5.07. The Hall–Kier alpha value is -3.42. The van der Waals surface area contributed by atoms with Crippen molar-refractivity contribution < 1.29 is 13.6 Å². The van der Waals surface area contributed by atoms with Crippen molar-refractivity contribution in [1.82, 2.24) is 15.2 Å². The molecule has 0 aliphatic heterocycles. The van der Waals surface area contributed by atoms with Gasteiger partial charge in [0.05, 0.1) is 17.6 Å². The number of aromatic nitrogens is 2. The number of carbonyl (C=O) groups excluding carboxylic acids is 1. The summed E-state index contributed by atoms with van der Waals surface area (Å²) >= 11 is 0. The molecule has 3 aromatic rings. The lowest BCUT2D eigenvalue weighted by Gasteiger charge is -2.12. The largest absolute Gasteiger partial charge is 0.292 e. The SMILES string of the molecule is CC(C)n1nc(C(=O)N/N=C\c2ccc(F)cc2F)c2ccccc2c1=O. The maximum absolute atomic E-state index is 13.6. The number of rotatable bonds is 4. The highest BCUT2D eigenvalue weighted by Crippen LogP contribution is 2.15. The number of amides is 1. The zero-order valence-electron chi connectivity index (χ0n) is 14.6. The quantitative estimate of drug-likeness (QED) is 0.567. The van der Waals surface area contributed by atoms with E-state index in [0.29, 0.717) is 10.8 Å². The van der Waals surface area contributed by atoms with Crippen molar-refractivity contribution in [2.24, 2.45) is 5.10 Å². The molecule has 0 radical (unpaired) electrons. The lowest BCUT2D eigenvalue weighted by atomic mass is 10.1. The van der Waals surface area contributed by atoms with Gasteiger partial charge in [-0.2, -0.15) is 10.2 Å². The molecule has 2 aromatic carbocycles. The van der Waals surface area contributed by atoms with E-state index in [1.165, 1.54) is 10.7 Å². The monoisotopic (exact) mass is 370 g/mol. The van der Waals surface area contributed by atoms with Crippen molar-refractivity contribution in [3.63, 3.8) is 0 Å². The maximum atomic E-state index is 13.6. The number of fused-ring (bicyclic) bond motifs is 1. The summed E-state index contributed by atoms with van der Waals surface area (Å²) in [5.74, 6) is -2.16. The van der Waals surface area contributed by atoms with Crippen molar-refractivity contribution in [3.05, 3.63) is 75.7 Å². The van der Waals surface area contributed by atoms with Gasteiger partial charge in [-0.25, -0.2) is 18.9 Å². The van der Waals surface area contributed by atoms with E-state index in [1.807, 2.05) is 0 Å². The molecule has 0 unspecified atom stereocenters. The fourth-order valence-corrected chi connectivity index (χ4v) is 2.54. The van der Waals surface area contributed by atoms with Crippen molar-refractivity contribution in [1.29, 1.82) is 0 Å². The van der Waals surface area contributed by atoms with Gasteiger partial charge in [0.2, 0.25) is 0 Å². The van der Waals surface area contributed by atoms with Crippen LogP contribution in [0.4, 0.5) is 8.78 Å². The predicted octanol–water partition coefficient (Wildman–Crippen LogP) is 3.02. The van der Waals surface area contributed by atoms with Crippen LogP contribution in [0.25, 0.3) is 10.8 Å². The van der Waals surface area contributed by atoms with Gasteiger partial charge in [-0.05, 0) is 32.0 Å². The first-order valence-electron chi connectivity index (χ1n) is 8.18. The zero-order chi connectivity index (χ0) is 19.6. The third-order valence-corrected chi connectivity index (χ3v) is 3.86. The number of nitrogens with zero attached hydrogens (tertiary/aromatic N) is 3. The highest BCUT2D eigenvalue weighted by molar-refractivity contribution is 6.04. The fourth-order valence-electron chi connectivity index (χ4n) is 2.54. The number of halogens is 2. The standard InChI is InChI=1S/C19H16F2N4O2/c1-11(2)25-19(27)15-6-4-3-5-14(15)17(24-25)18(26)23-22-10-12-7-8-13(20)9-16(12)21/h3-11H,1-2H3,(H,23,26)/b22-10-. The number of carbonyl (C=O) groups is 1. The normalized spacial score (nSPS) is 11.4. The molecule has 0 bridgehead atoms. The van der Waals surface area contributed by atoms with Crippen molar-refractivity contribution in [3.8, 4) is 0 Å². The van der Waals surface area contributed by atoms with E-state index in [1.54, 1.807) is 38.1 Å². The first-order valence-corrected chi connectivity index (χ1v) is 8.18. The summed E-state index contributed by atoms with van der Waals surface area (Å²) < 4.78 is 27.7. The Labute approximate surface area is 153 Å². The topological polar surface area (TPSA) is 76.3 Å². The predicted molar refractivity (Wildman–Crippen MR) is 97.8 cm³/mol. The molecule has 0 aliphatic carbocycles. The molecule has 1 heterocycles. The van der Waals surface area contributed by atoms with E-state index in [4.69, 9.17) is 0 Å². The third-order valence-electron chi connectivity index (χ3n) is 3.86. The molecular weight excluding hydrogens is 354 g/mol. The molecule has 0 spiro atoms. The fraction of sp³-hybridized carbons (Fsp3) is 0.158. The van der Waals surface area contributed by atoms with Crippen LogP contribution < -0.4 is 11.0 Å². The number of nitrogens with one attached hydrogen (secondary N) is 1. The molecule has 1 aromatic heterocycles.